The molecule has 0 saturated carbocycles. The van der Waals surface area contributed by atoms with Crippen LogP contribution in [0.3, 0.4) is 0 Å². The molecule has 0 aliphatic heterocycles. The predicted octanol–water partition coefficient (Wildman–Crippen LogP) is 2.26. The molecule has 102 valence electrons. The number of hydrogen-bond acceptors (Lipinski definition) is 5. The van der Waals surface area contributed by atoms with E-state index in [1.165, 1.54) is 0 Å². The van der Waals surface area contributed by atoms with Gasteiger partial charge >= 0.3 is 0 Å². The van der Waals surface area contributed by atoms with E-state index in [1.54, 1.807) is 24.3 Å². The highest BCUT2D eigenvalue weighted by Crippen LogP contribution is 2.25. The van der Waals surface area contributed by atoms with Crippen molar-refractivity contribution in [2.24, 2.45) is 0 Å². The molecule has 2 aromatic rings. The number of benzene rings is 1. The second-order valence-electron chi connectivity index (χ2n) is 4.14. The van der Waals surface area contributed by atoms with Crippen molar-refractivity contribution in [3.05, 3.63) is 57.8 Å². The quantitative estimate of drug-likeness (QED) is 0.659. The maximum Gasteiger partial charge on any atom is 0.291 e. The van der Waals surface area contributed by atoms with Gasteiger partial charge in [0.05, 0.1) is 11.0 Å². The lowest BCUT2D eigenvalue weighted by Gasteiger charge is -2.06. The summed E-state index contributed by atoms with van der Waals surface area (Å²) in [5.41, 5.74) is 1.06. The summed E-state index contributed by atoms with van der Waals surface area (Å²) in [6, 6.07) is 7.74. The van der Waals surface area contributed by atoms with E-state index in [2.05, 4.69) is 10.3 Å². The van der Waals surface area contributed by atoms with E-state index in [0.717, 1.165) is 17.8 Å². The molecular weight excluding hydrogens is 262 g/mol. The van der Waals surface area contributed by atoms with Crippen molar-refractivity contribution in [3.63, 3.8) is 0 Å². The second-order valence-corrected chi connectivity index (χ2v) is 4.14. The third kappa shape index (κ3) is 2.89. The van der Waals surface area contributed by atoms with Crippen molar-refractivity contribution in [1.82, 2.24) is 4.98 Å². The SMILES string of the molecule is Cc1ccc(C(=O)Nc2ncc([N+](=O)[O-])cc2O)cc1. The Morgan fingerprint density at radius 2 is 2.00 bits per heavy atom. The number of aromatic hydroxyl groups is 1. The number of carbonyl (C=O) groups is 1. The van der Waals surface area contributed by atoms with E-state index >= 15 is 0 Å². The molecular formula is C13H11N3O4. The number of aromatic nitrogens is 1. The van der Waals surface area contributed by atoms with Crippen LogP contribution in [0, 0.1) is 17.0 Å². The lowest BCUT2D eigenvalue weighted by atomic mass is 10.1. The molecule has 0 spiro atoms. The molecule has 1 amide bonds. The minimum Gasteiger partial charge on any atom is -0.504 e. The molecule has 0 bridgehead atoms. The van der Waals surface area contributed by atoms with Gasteiger partial charge in [0.1, 0.15) is 6.20 Å². The van der Waals surface area contributed by atoms with E-state index in [-0.39, 0.29) is 11.5 Å². The van der Waals surface area contributed by atoms with Crippen LogP contribution in [0.25, 0.3) is 0 Å². The third-order valence-electron chi connectivity index (χ3n) is 2.61. The van der Waals surface area contributed by atoms with Crippen molar-refractivity contribution in [2.45, 2.75) is 6.92 Å². The first-order chi connectivity index (χ1) is 9.47. The Kier molecular flexibility index (Phi) is 3.60. The number of nitrogens with one attached hydrogen (secondary N) is 1. The zero-order valence-electron chi connectivity index (χ0n) is 10.5. The number of amides is 1. The molecule has 2 N–H and O–H groups in total. The Labute approximate surface area is 114 Å². The van der Waals surface area contributed by atoms with E-state index in [9.17, 15) is 20.0 Å². The summed E-state index contributed by atoms with van der Waals surface area (Å²) < 4.78 is 0. The molecule has 1 aromatic carbocycles. The Bertz CT molecular complexity index is 668. The van der Waals surface area contributed by atoms with Gasteiger partial charge in [-0.2, -0.15) is 0 Å². The van der Waals surface area contributed by atoms with Crippen LogP contribution in [0.4, 0.5) is 11.5 Å². The molecule has 0 aliphatic carbocycles. The first-order valence-electron chi connectivity index (χ1n) is 5.69. The summed E-state index contributed by atoms with van der Waals surface area (Å²) in [7, 11) is 0. The van der Waals surface area contributed by atoms with E-state index in [0.29, 0.717) is 5.56 Å². The van der Waals surface area contributed by atoms with Crippen LogP contribution in [-0.4, -0.2) is 20.9 Å². The van der Waals surface area contributed by atoms with Gasteiger partial charge in [-0.3, -0.25) is 14.9 Å². The molecule has 1 aromatic heterocycles. The largest absolute Gasteiger partial charge is 0.504 e. The van der Waals surface area contributed by atoms with Gasteiger partial charge < -0.3 is 10.4 Å². The van der Waals surface area contributed by atoms with Crippen LogP contribution >= 0.6 is 0 Å². The topological polar surface area (TPSA) is 105 Å². The van der Waals surface area contributed by atoms with Crippen molar-refractivity contribution < 1.29 is 14.8 Å². The minimum absolute atomic E-state index is 0.124. The zero-order chi connectivity index (χ0) is 14.7. The summed E-state index contributed by atoms with van der Waals surface area (Å²) in [4.78, 5) is 25.4. The summed E-state index contributed by atoms with van der Waals surface area (Å²) >= 11 is 0. The first kappa shape index (κ1) is 13.5. The zero-order valence-corrected chi connectivity index (χ0v) is 10.5. The lowest BCUT2D eigenvalue weighted by Crippen LogP contribution is -2.13. The second kappa shape index (κ2) is 5.35. The van der Waals surface area contributed by atoms with E-state index in [4.69, 9.17) is 0 Å². The molecule has 0 aliphatic rings. The summed E-state index contributed by atoms with van der Waals surface area (Å²) in [6.45, 7) is 1.89. The highest BCUT2D eigenvalue weighted by atomic mass is 16.6. The maximum absolute atomic E-state index is 11.9. The van der Waals surface area contributed by atoms with Crippen LogP contribution < -0.4 is 5.32 Å². The van der Waals surface area contributed by atoms with Crippen LogP contribution in [0.2, 0.25) is 0 Å². The Balaban J connectivity index is 2.19. The fourth-order valence-corrected chi connectivity index (χ4v) is 1.52. The number of anilines is 1. The maximum atomic E-state index is 11.9. The molecule has 7 nitrogen and oxygen atoms in total. The number of carbonyl (C=O) groups excluding carboxylic acids is 1. The minimum atomic E-state index is -0.682. The summed E-state index contributed by atoms with van der Waals surface area (Å²) in [5, 5.41) is 22.5. The average molecular weight is 273 g/mol. The fourth-order valence-electron chi connectivity index (χ4n) is 1.52. The number of nitrogens with zero attached hydrogens (tertiary/aromatic N) is 2. The Morgan fingerprint density at radius 3 is 2.55 bits per heavy atom. The van der Waals surface area contributed by atoms with Crippen molar-refractivity contribution in [2.75, 3.05) is 5.32 Å². The first-order valence-corrected chi connectivity index (χ1v) is 5.69. The molecule has 0 atom stereocenters. The predicted molar refractivity (Wildman–Crippen MR) is 71.7 cm³/mol. The van der Waals surface area contributed by atoms with Crippen LogP contribution in [0.1, 0.15) is 15.9 Å². The highest BCUT2D eigenvalue weighted by molar-refractivity contribution is 6.04. The number of hydrogen-bond donors (Lipinski definition) is 2. The molecule has 7 heteroatoms. The number of aryl methyl sites for hydroxylation is 1. The summed E-state index contributed by atoms with van der Waals surface area (Å²) in [6.07, 6.45) is 0.963. The normalized spacial score (nSPS) is 10.1. The third-order valence-corrected chi connectivity index (χ3v) is 2.61. The Morgan fingerprint density at radius 1 is 1.35 bits per heavy atom. The van der Waals surface area contributed by atoms with E-state index in [1.807, 2.05) is 6.92 Å². The molecule has 2 rings (SSSR count). The highest BCUT2D eigenvalue weighted by Gasteiger charge is 2.14. The van der Waals surface area contributed by atoms with Gasteiger partial charge in [0, 0.05) is 5.56 Å². The monoisotopic (exact) mass is 273 g/mol. The van der Waals surface area contributed by atoms with Crippen LogP contribution in [-0.2, 0) is 0 Å². The fraction of sp³-hybridized carbons (Fsp3) is 0.0769. The molecule has 1 heterocycles. The van der Waals surface area contributed by atoms with Crippen molar-refractivity contribution in [3.8, 4) is 5.75 Å². The van der Waals surface area contributed by atoms with Gasteiger partial charge in [-0.1, -0.05) is 17.7 Å². The van der Waals surface area contributed by atoms with Gasteiger partial charge in [0.15, 0.2) is 11.6 Å². The van der Waals surface area contributed by atoms with Gasteiger partial charge in [-0.15, -0.1) is 0 Å². The molecule has 20 heavy (non-hydrogen) atoms. The van der Waals surface area contributed by atoms with Crippen molar-refractivity contribution in [1.29, 1.82) is 0 Å². The van der Waals surface area contributed by atoms with Crippen molar-refractivity contribution >= 4 is 17.4 Å². The molecule has 0 radical (unpaired) electrons. The van der Waals surface area contributed by atoms with Crippen LogP contribution in [0.5, 0.6) is 5.75 Å². The standard InChI is InChI=1S/C13H11N3O4/c1-8-2-4-9(5-3-8)13(18)15-12-11(17)6-10(7-14-12)16(19)20/h2-7,17H,1H3,(H,14,15,18). The summed E-state index contributed by atoms with van der Waals surface area (Å²) in [5.74, 6) is -1.04. The van der Waals surface area contributed by atoms with Gasteiger partial charge in [0.25, 0.3) is 11.6 Å². The molecule has 0 saturated heterocycles. The molecule has 0 unspecified atom stereocenters. The smallest absolute Gasteiger partial charge is 0.291 e. The van der Waals surface area contributed by atoms with Gasteiger partial charge in [0.2, 0.25) is 0 Å². The van der Waals surface area contributed by atoms with Crippen LogP contribution in [0.15, 0.2) is 36.5 Å². The van der Waals surface area contributed by atoms with E-state index < -0.39 is 16.6 Å². The van der Waals surface area contributed by atoms with Gasteiger partial charge in [-0.05, 0) is 19.1 Å². The number of nitro groups is 1. The number of pyridine rings is 1. The van der Waals surface area contributed by atoms with Gasteiger partial charge in [-0.25, -0.2) is 4.98 Å². The Hall–Kier alpha value is -2.96. The lowest BCUT2D eigenvalue weighted by molar-refractivity contribution is -0.385. The molecule has 0 fully saturated rings. The average Bonchev–Trinajstić information content (AvgIpc) is 2.41. The number of rotatable bonds is 3.